The third-order valence-corrected chi connectivity index (χ3v) is 5.65. The lowest BCUT2D eigenvalue weighted by molar-refractivity contribution is -0.119. The molecule has 6 nitrogen and oxygen atoms in total. The first-order chi connectivity index (χ1) is 12.5. The number of benzene rings is 1. The SMILES string of the molecule is Cc1ccccc1CSc1nc(N)cc(N2CCC(CC(N)=O)CC2)n1. The summed E-state index contributed by atoms with van der Waals surface area (Å²) in [5, 5.41) is 0.697. The summed E-state index contributed by atoms with van der Waals surface area (Å²) in [6.07, 6.45) is 2.36. The average Bonchev–Trinajstić information content (AvgIpc) is 2.61. The van der Waals surface area contributed by atoms with Crippen LogP contribution in [0.2, 0.25) is 0 Å². The molecule has 1 saturated heterocycles. The summed E-state index contributed by atoms with van der Waals surface area (Å²) < 4.78 is 0. The van der Waals surface area contributed by atoms with E-state index in [2.05, 4.69) is 28.9 Å². The molecule has 1 aliphatic heterocycles. The summed E-state index contributed by atoms with van der Waals surface area (Å²) in [6, 6.07) is 10.1. The number of primary amides is 1. The molecule has 0 unspecified atom stereocenters. The van der Waals surface area contributed by atoms with Crippen LogP contribution in [0.4, 0.5) is 11.6 Å². The Morgan fingerprint density at radius 3 is 2.69 bits per heavy atom. The van der Waals surface area contributed by atoms with Gasteiger partial charge in [0.15, 0.2) is 5.16 Å². The predicted octanol–water partition coefficient (Wildman–Crippen LogP) is 2.75. The van der Waals surface area contributed by atoms with Crippen molar-refractivity contribution in [3.63, 3.8) is 0 Å². The Kier molecular flexibility index (Phi) is 5.98. The van der Waals surface area contributed by atoms with E-state index in [1.54, 1.807) is 11.8 Å². The smallest absolute Gasteiger partial charge is 0.217 e. The normalized spacial score (nSPS) is 15.2. The first-order valence-corrected chi connectivity index (χ1v) is 9.85. The van der Waals surface area contributed by atoms with E-state index in [9.17, 15) is 4.79 Å². The van der Waals surface area contributed by atoms with Crippen LogP contribution in [0.1, 0.15) is 30.4 Å². The van der Waals surface area contributed by atoms with Crippen molar-refractivity contribution < 1.29 is 4.79 Å². The summed E-state index contributed by atoms with van der Waals surface area (Å²) in [4.78, 5) is 22.4. The number of hydrogen-bond acceptors (Lipinski definition) is 6. The van der Waals surface area contributed by atoms with Crippen molar-refractivity contribution in [3.8, 4) is 0 Å². The van der Waals surface area contributed by atoms with Crippen LogP contribution in [0.25, 0.3) is 0 Å². The van der Waals surface area contributed by atoms with Gasteiger partial charge in [0.2, 0.25) is 5.91 Å². The van der Waals surface area contributed by atoms with Crippen LogP contribution in [-0.4, -0.2) is 29.0 Å². The fourth-order valence-corrected chi connectivity index (χ4v) is 4.16. The number of nitrogens with two attached hydrogens (primary N) is 2. The Morgan fingerprint density at radius 1 is 1.27 bits per heavy atom. The summed E-state index contributed by atoms with van der Waals surface area (Å²) in [5.41, 5.74) is 13.9. The Balaban J connectivity index is 1.65. The van der Waals surface area contributed by atoms with Crippen molar-refractivity contribution >= 4 is 29.3 Å². The zero-order chi connectivity index (χ0) is 18.5. The number of rotatable bonds is 6. The predicted molar refractivity (Wildman–Crippen MR) is 106 cm³/mol. The highest BCUT2D eigenvalue weighted by molar-refractivity contribution is 7.98. The minimum atomic E-state index is -0.218. The van der Waals surface area contributed by atoms with Gasteiger partial charge in [0.1, 0.15) is 11.6 Å². The van der Waals surface area contributed by atoms with Gasteiger partial charge in [0.25, 0.3) is 0 Å². The molecule has 0 saturated carbocycles. The van der Waals surface area contributed by atoms with Gasteiger partial charge < -0.3 is 16.4 Å². The highest BCUT2D eigenvalue weighted by atomic mass is 32.2. The molecule has 2 heterocycles. The van der Waals surface area contributed by atoms with Gasteiger partial charge in [-0.2, -0.15) is 0 Å². The number of thioether (sulfide) groups is 1. The molecule has 26 heavy (non-hydrogen) atoms. The molecule has 1 amide bonds. The molecule has 0 aliphatic carbocycles. The molecule has 1 aliphatic rings. The van der Waals surface area contributed by atoms with Crippen LogP contribution in [-0.2, 0) is 10.5 Å². The van der Waals surface area contributed by atoms with Gasteiger partial charge in [0, 0.05) is 31.3 Å². The quantitative estimate of drug-likeness (QED) is 0.598. The molecular formula is C19H25N5OS. The second kappa shape index (κ2) is 8.40. The van der Waals surface area contributed by atoms with E-state index in [1.165, 1.54) is 11.1 Å². The van der Waals surface area contributed by atoms with Gasteiger partial charge in [-0.05, 0) is 36.8 Å². The molecule has 2 aromatic rings. The van der Waals surface area contributed by atoms with E-state index in [0.29, 0.717) is 23.3 Å². The van der Waals surface area contributed by atoms with Crippen LogP contribution in [0, 0.1) is 12.8 Å². The van der Waals surface area contributed by atoms with Gasteiger partial charge >= 0.3 is 0 Å². The zero-order valence-corrected chi connectivity index (χ0v) is 15.8. The maximum absolute atomic E-state index is 11.1. The van der Waals surface area contributed by atoms with E-state index in [0.717, 1.165) is 37.5 Å². The zero-order valence-electron chi connectivity index (χ0n) is 15.0. The average molecular weight is 372 g/mol. The minimum Gasteiger partial charge on any atom is -0.383 e. The lowest BCUT2D eigenvalue weighted by Gasteiger charge is -2.32. The number of nitrogens with zero attached hydrogens (tertiary/aromatic N) is 3. The number of nitrogen functional groups attached to an aromatic ring is 1. The largest absolute Gasteiger partial charge is 0.383 e. The van der Waals surface area contributed by atoms with E-state index in [1.807, 2.05) is 18.2 Å². The number of carbonyl (C=O) groups is 1. The summed E-state index contributed by atoms with van der Waals surface area (Å²) >= 11 is 1.60. The molecule has 138 valence electrons. The fraction of sp³-hybridized carbons (Fsp3) is 0.421. The Bertz CT molecular complexity index is 774. The first kappa shape index (κ1) is 18.5. The van der Waals surface area contributed by atoms with E-state index in [-0.39, 0.29) is 5.91 Å². The maximum atomic E-state index is 11.1. The Hall–Kier alpha value is -2.28. The molecule has 7 heteroatoms. The van der Waals surface area contributed by atoms with Gasteiger partial charge in [-0.15, -0.1) is 0 Å². The van der Waals surface area contributed by atoms with Gasteiger partial charge in [0.05, 0.1) is 0 Å². The molecule has 4 N–H and O–H groups in total. The number of aromatic nitrogens is 2. The summed E-state index contributed by atoms with van der Waals surface area (Å²) in [5.74, 6) is 2.32. The fourth-order valence-electron chi connectivity index (χ4n) is 3.22. The van der Waals surface area contributed by atoms with Crippen molar-refractivity contribution in [1.29, 1.82) is 0 Å². The number of hydrogen-bond donors (Lipinski definition) is 2. The number of aryl methyl sites for hydroxylation is 1. The van der Waals surface area contributed by atoms with Crippen LogP contribution < -0.4 is 16.4 Å². The van der Waals surface area contributed by atoms with Gasteiger partial charge in [-0.3, -0.25) is 4.79 Å². The molecular weight excluding hydrogens is 346 g/mol. The molecule has 0 atom stereocenters. The van der Waals surface area contributed by atoms with E-state index < -0.39 is 0 Å². The number of carbonyl (C=O) groups excluding carboxylic acids is 1. The van der Waals surface area contributed by atoms with Crippen molar-refractivity contribution in [2.45, 2.75) is 37.1 Å². The molecule has 3 rings (SSSR count). The standard InChI is InChI=1S/C19H25N5OS/c1-13-4-2-3-5-15(13)12-26-19-22-16(20)11-18(23-19)24-8-6-14(7-9-24)10-17(21)25/h2-5,11,14H,6-10,12H2,1H3,(H2,21,25)(H2,20,22,23). The van der Waals surface area contributed by atoms with Crippen molar-refractivity contribution in [2.75, 3.05) is 23.7 Å². The lowest BCUT2D eigenvalue weighted by atomic mass is 9.93. The molecule has 1 aromatic heterocycles. The first-order valence-electron chi connectivity index (χ1n) is 8.86. The van der Waals surface area contributed by atoms with Crippen LogP contribution >= 0.6 is 11.8 Å². The number of piperidine rings is 1. The van der Waals surface area contributed by atoms with Crippen molar-refractivity contribution in [1.82, 2.24) is 9.97 Å². The molecule has 0 radical (unpaired) electrons. The highest BCUT2D eigenvalue weighted by Crippen LogP contribution is 2.28. The number of anilines is 2. The van der Waals surface area contributed by atoms with E-state index in [4.69, 9.17) is 16.5 Å². The van der Waals surface area contributed by atoms with Crippen LogP contribution in [0.3, 0.4) is 0 Å². The Labute approximate surface area is 158 Å². The maximum Gasteiger partial charge on any atom is 0.217 e. The molecule has 0 spiro atoms. The summed E-state index contributed by atoms with van der Waals surface area (Å²) in [6.45, 7) is 3.82. The molecule has 0 bridgehead atoms. The lowest BCUT2D eigenvalue weighted by Crippen LogP contribution is -2.35. The molecule has 1 aromatic carbocycles. The Morgan fingerprint density at radius 2 is 2.00 bits per heavy atom. The van der Waals surface area contributed by atoms with Gasteiger partial charge in [-0.1, -0.05) is 36.0 Å². The van der Waals surface area contributed by atoms with Gasteiger partial charge in [-0.25, -0.2) is 9.97 Å². The summed E-state index contributed by atoms with van der Waals surface area (Å²) in [7, 11) is 0. The van der Waals surface area contributed by atoms with E-state index >= 15 is 0 Å². The topological polar surface area (TPSA) is 98.1 Å². The monoisotopic (exact) mass is 371 g/mol. The van der Waals surface area contributed by atoms with Crippen molar-refractivity contribution in [2.24, 2.45) is 11.7 Å². The third kappa shape index (κ3) is 4.88. The minimum absolute atomic E-state index is 0.218. The second-order valence-electron chi connectivity index (χ2n) is 6.75. The highest BCUT2D eigenvalue weighted by Gasteiger charge is 2.22. The van der Waals surface area contributed by atoms with Crippen molar-refractivity contribution in [3.05, 3.63) is 41.5 Å². The van der Waals surface area contributed by atoms with Crippen LogP contribution in [0.15, 0.2) is 35.5 Å². The van der Waals surface area contributed by atoms with Crippen LogP contribution in [0.5, 0.6) is 0 Å². The second-order valence-corrected chi connectivity index (χ2v) is 7.69. The molecule has 1 fully saturated rings. The number of amides is 1. The third-order valence-electron chi connectivity index (χ3n) is 4.76.